The molecule has 1 amide bonds. The summed E-state index contributed by atoms with van der Waals surface area (Å²) in [5.41, 5.74) is -1.61. The second kappa shape index (κ2) is 5.16. The Balaban J connectivity index is 1.97. The molecule has 11 nitrogen and oxygen atoms in total. The van der Waals surface area contributed by atoms with Crippen molar-refractivity contribution in [1.82, 2.24) is 34.6 Å². The van der Waals surface area contributed by atoms with Crippen LogP contribution in [0.15, 0.2) is 9.59 Å². The van der Waals surface area contributed by atoms with E-state index in [-0.39, 0.29) is 11.6 Å². The largest absolute Gasteiger partial charge is 0.347 e. The summed E-state index contributed by atoms with van der Waals surface area (Å²) < 4.78 is 3.27. The minimum Gasteiger partial charge on any atom is -0.288 e. The molecule has 0 spiro atoms. The number of aromatic nitrogens is 7. The summed E-state index contributed by atoms with van der Waals surface area (Å²) in [5.74, 6) is -0.372. The Morgan fingerprint density at radius 2 is 2.00 bits per heavy atom. The zero-order valence-electron chi connectivity index (χ0n) is 12.1. The molecule has 3 rings (SSSR count). The highest BCUT2D eigenvalue weighted by atomic mass is 16.2. The normalized spacial score (nSPS) is 14.1. The smallest absolute Gasteiger partial charge is 0.288 e. The molecule has 0 aliphatic heterocycles. The van der Waals surface area contributed by atoms with Gasteiger partial charge in [0.05, 0.1) is 0 Å². The molecular formula is C11H14N8O3. The van der Waals surface area contributed by atoms with Gasteiger partial charge in [0.15, 0.2) is 0 Å². The first-order chi connectivity index (χ1) is 10.5. The van der Waals surface area contributed by atoms with Gasteiger partial charge >= 0.3 is 5.69 Å². The number of tetrazole rings is 1. The summed E-state index contributed by atoms with van der Waals surface area (Å²) >= 11 is 0. The Kier molecular flexibility index (Phi) is 3.31. The van der Waals surface area contributed by atoms with Crippen LogP contribution in [0.2, 0.25) is 0 Å². The van der Waals surface area contributed by atoms with Gasteiger partial charge in [-0.25, -0.2) is 14.2 Å². The number of aryl methyl sites for hydroxylation is 2. The highest BCUT2D eigenvalue weighted by molar-refractivity contribution is 6.01. The van der Waals surface area contributed by atoms with Crippen molar-refractivity contribution < 1.29 is 4.79 Å². The van der Waals surface area contributed by atoms with Crippen LogP contribution in [0.1, 0.15) is 23.3 Å². The summed E-state index contributed by atoms with van der Waals surface area (Å²) in [6, 6.07) is 0. The molecule has 1 fully saturated rings. The van der Waals surface area contributed by atoms with Crippen LogP contribution in [0, 0.1) is 5.92 Å². The van der Waals surface area contributed by atoms with Crippen molar-refractivity contribution in [3.8, 4) is 0 Å². The molecule has 0 aromatic carbocycles. The monoisotopic (exact) mass is 306 g/mol. The van der Waals surface area contributed by atoms with Crippen molar-refractivity contribution in [2.75, 3.05) is 5.32 Å². The number of nitrogens with one attached hydrogen (secondary N) is 1. The van der Waals surface area contributed by atoms with Gasteiger partial charge in [0, 0.05) is 20.6 Å². The lowest BCUT2D eigenvalue weighted by Crippen LogP contribution is -2.45. The minimum atomic E-state index is -0.761. The number of carbonyl (C=O) groups excluding carboxylic acids is 1. The van der Waals surface area contributed by atoms with Crippen LogP contribution in [-0.4, -0.2) is 40.5 Å². The Hall–Kier alpha value is -2.85. The van der Waals surface area contributed by atoms with Crippen LogP contribution < -0.4 is 16.6 Å². The van der Waals surface area contributed by atoms with Gasteiger partial charge in [0.1, 0.15) is 0 Å². The lowest BCUT2D eigenvalue weighted by Gasteiger charge is -2.08. The molecule has 2 aromatic rings. The molecule has 22 heavy (non-hydrogen) atoms. The van der Waals surface area contributed by atoms with Crippen molar-refractivity contribution in [2.24, 2.45) is 20.0 Å². The quantitative estimate of drug-likeness (QED) is 0.700. The number of anilines is 1. The lowest BCUT2D eigenvalue weighted by molar-refractivity contribution is 0.101. The molecule has 2 heterocycles. The van der Waals surface area contributed by atoms with Crippen molar-refractivity contribution in [1.29, 1.82) is 0 Å². The fraction of sp³-hybridized carbons (Fsp3) is 0.545. The predicted octanol–water partition coefficient (Wildman–Crippen LogP) is -1.87. The Bertz CT molecular complexity index is 844. The van der Waals surface area contributed by atoms with E-state index in [2.05, 4.69) is 25.9 Å². The van der Waals surface area contributed by atoms with Crippen molar-refractivity contribution >= 4 is 11.9 Å². The van der Waals surface area contributed by atoms with E-state index in [0.29, 0.717) is 12.5 Å². The van der Waals surface area contributed by atoms with Gasteiger partial charge in [-0.1, -0.05) is 5.10 Å². The second-order valence-corrected chi connectivity index (χ2v) is 5.19. The van der Waals surface area contributed by atoms with Crippen LogP contribution in [0.25, 0.3) is 0 Å². The first-order valence-electron chi connectivity index (χ1n) is 6.69. The number of nitrogens with zero attached hydrogens (tertiary/aromatic N) is 7. The molecule has 2 aromatic heterocycles. The summed E-state index contributed by atoms with van der Waals surface area (Å²) in [5, 5.41) is 16.7. The molecular weight excluding hydrogens is 292 g/mol. The van der Waals surface area contributed by atoms with Crippen LogP contribution in [-0.2, 0) is 20.6 Å². The van der Waals surface area contributed by atoms with Crippen LogP contribution >= 0.6 is 0 Å². The highest BCUT2D eigenvalue weighted by Gasteiger charge is 2.26. The average molecular weight is 306 g/mol. The molecule has 116 valence electrons. The maximum Gasteiger partial charge on any atom is 0.347 e. The Morgan fingerprint density at radius 1 is 1.27 bits per heavy atom. The molecule has 11 heteroatoms. The fourth-order valence-corrected chi connectivity index (χ4v) is 1.98. The Morgan fingerprint density at radius 3 is 2.59 bits per heavy atom. The molecule has 0 saturated heterocycles. The van der Waals surface area contributed by atoms with Crippen LogP contribution in [0.5, 0.6) is 0 Å². The standard InChI is InChI=1S/C11H14N8O3/c1-17-10(13-15-16-17)12-8(20)7-9(21)19(5-6-3-4-6)11(22)18(2)14-7/h6H,3-5H2,1-2H3,(H,12,13,16,20). The van der Waals surface area contributed by atoms with Gasteiger partial charge in [0.2, 0.25) is 11.6 Å². The minimum absolute atomic E-state index is 0.0776. The molecule has 0 bridgehead atoms. The maximum absolute atomic E-state index is 12.3. The van der Waals surface area contributed by atoms with Crippen LogP contribution in [0.4, 0.5) is 5.95 Å². The van der Waals surface area contributed by atoms with E-state index in [1.807, 2.05) is 0 Å². The molecule has 0 atom stereocenters. The third-order valence-electron chi connectivity index (χ3n) is 3.40. The third kappa shape index (κ3) is 2.52. The highest BCUT2D eigenvalue weighted by Crippen LogP contribution is 2.29. The summed E-state index contributed by atoms with van der Waals surface area (Å²) in [4.78, 5) is 36.5. The van der Waals surface area contributed by atoms with Gasteiger partial charge < -0.3 is 0 Å². The number of hydrogen-bond donors (Lipinski definition) is 1. The van der Waals surface area contributed by atoms with E-state index in [1.165, 1.54) is 18.8 Å². The van der Waals surface area contributed by atoms with Gasteiger partial charge in [-0.15, -0.1) is 0 Å². The van der Waals surface area contributed by atoms with E-state index in [1.54, 1.807) is 0 Å². The summed E-state index contributed by atoms with van der Waals surface area (Å²) in [6.45, 7) is 0.305. The van der Waals surface area contributed by atoms with Crippen LogP contribution in [0.3, 0.4) is 0 Å². The molecule has 1 aliphatic carbocycles. The van der Waals surface area contributed by atoms with Crippen molar-refractivity contribution in [3.05, 3.63) is 26.5 Å². The van der Waals surface area contributed by atoms with Gasteiger partial charge in [0.25, 0.3) is 11.5 Å². The van der Waals surface area contributed by atoms with E-state index < -0.39 is 17.2 Å². The summed E-state index contributed by atoms with van der Waals surface area (Å²) in [6.07, 6.45) is 1.95. The topological polar surface area (TPSA) is 130 Å². The molecule has 1 N–H and O–H groups in total. The van der Waals surface area contributed by atoms with Gasteiger partial charge in [-0.3, -0.25) is 19.5 Å². The fourth-order valence-electron chi connectivity index (χ4n) is 1.98. The molecule has 1 aliphatic rings. The maximum atomic E-state index is 12.3. The van der Waals surface area contributed by atoms with Gasteiger partial charge in [-0.2, -0.15) is 5.10 Å². The first-order valence-corrected chi connectivity index (χ1v) is 6.69. The first kappa shape index (κ1) is 14.1. The molecule has 1 saturated carbocycles. The predicted molar refractivity (Wildman–Crippen MR) is 73.2 cm³/mol. The molecule has 0 radical (unpaired) electrons. The number of carbonyl (C=O) groups is 1. The van der Waals surface area contributed by atoms with Crippen molar-refractivity contribution in [2.45, 2.75) is 19.4 Å². The summed E-state index contributed by atoms with van der Waals surface area (Å²) in [7, 11) is 2.93. The average Bonchev–Trinajstić information content (AvgIpc) is 3.22. The Labute approximate surface area is 123 Å². The zero-order valence-corrected chi connectivity index (χ0v) is 12.1. The number of amides is 1. The third-order valence-corrected chi connectivity index (χ3v) is 3.40. The van der Waals surface area contributed by atoms with E-state index in [9.17, 15) is 14.4 Å². The van der Waals surface area contributed by atoms with Crippen molar-refractivity contribution in [3.63, 3.8) is 0 Å². The van der Waals surface area contributed by atoms with E-state index in [4.69, 9.17) is 0 Å². The molecule has 0 unspecified atom stereocenters. The van der Waals surface area contributed by atoms with E-state index >= 15 is 0 Å². The SMILES string of the molecule is Cn1nnnc1NC(=O)c1nn(C)c(=O)n(CC2CC2)c1=O. The van der Waals surface area contributed by atoms with Gasteiger partial charge in [-0.05, 0) is 29.2 Å². The zero-order chi connectivity index (χ0) is 15.9. The second-order valence-electron chi connectivity index (χ2n) is 5.19. The van der Waals surface area contributed by atoms with E-state index in [0.717, 1.165) is 22.1 Å². The lowest BCUT2D eigenvalue weighted by atomic mass is 10.4. The number of rotatable bonds is 4. The number of hydrogen-bond acceptors (Lipinski definition) is 7.